The van der Waals surface area contributed by atoms with E-state index in [1.807, 2.05) is 55.4 Å². The van der Waals surface area contributed by atoms with Crippen LogP contribution in [0.2, 0.25) is 0 Å². The van der Waals surface area contributed by atoms with Gasteiger partial charge in [0.2, 0.25) is 0 Å². The van der Waals surface area contributed by atoms with E-state index in [1.165, 1.54) is 5.01 Å². The van der Waals surface area contributed by atoms with E-state index in [1.54, 1.807) is 42.5 Å². The van der Waals surface area contributed by atoms with Crippen molar-refractivity contribution in [2.45, 2.75) is 6.17 Å². The summed E-state index contributed by atoms with van der Waals surface area (Å²) < 4.78 is 5.47. The molecule has 1 unspecified atom stereocenters. The SMILES string of the molecule is C=CCOc1ccc(C(=O)NN2C(=O)c3ccccc3NC2c2ccc(N(C)C)cc2)cc1. The predicted octanol–water partition coefficient (Wildman–Crippen LogP) is 4.23. The number of hydrogen-bond acceptors (Lipinski definition) is 5. The predicted molar refractivity (Wildman–Crippen MR) is 129 cm³/mol. The van der Waals surface area contributed by atoms with Crippen molar-refractivity contribution in [3.05, 3.63) is 102 Å². The number of amides is 2. The standard InChI is InChI=1S/C26H26N4O3/c1-4-17-33-21-15-11-19(12-16-21)25(31)28-30-24(18-9-13-20(14-10-18)29(2)3)27-23-8-6-5-7-22(23)26(30)32/h4-16,24,27H,1,17H2,2-3H3,(H,28,31). The van der Waals surface area contributed by atoms with E-state index in [9.17, 15) is 9.59 Å². The minimum atomic E-state index is -0.567. The van der Waals surface area contributed by atoms with Crippen molar-refractivity contribution in [2.75, 3.05) is 30.9 Å². The van der Waals surface area contributed by atoms with Crippen LogP contribution in [0.3, 0.4) is 0 Å². The second kappa shape index (κ2) is 9.48. The Labute approximate surface area is 193 Å². The molecule has 0 aromatic heterocycles. The summed E-state index contributed by atoms with van der Waals surface area (Å²) in [5.74, 6) is -0.0463. The third-order valence-electron chi connectivity index (χ3n) is 5.36. The molecule has 1 aliphatic heterocycles. The first-order valence-electron chi connectivity index (χ1n) is 10.6. The van der Waals surface area contributed by atoms with E-state index < -0.39 is 12.1 Å². The van der Waals surface area contributed by atoms with Crippen LogP contribution < -0.4 is 20.4 Å². The topological polar surface area (TPSA) is 73.9 Å². The van der Waals surface area contributed by atoms with Gasteiger partial charge in [0.05, 0.1) is 5.56 Å². The zero-order valence-corrected chi connectivity index (χ0v) is 18.6. The number of rotatable bonds is 7. The molecule has 33 heavy (non-hydrogen) atoms. The highest BCUT2D eigenvalue weighted by Crippen LogP contribution is 2.32. The number of fused-ring (bicyclic) bond motifs is 1. The van der Waals surface area contributed by atoms with Crippen molar-refractivity contribution in [2.24, 2.45) is 0 Å². The number of benzene rings is 3. The first kappa shape index (κ1) is 22.0. The summed E-state index contributed by atoms with van der Waals surface area (Å²) in [6.07, 6.45) is 1.08. The number of nitrogens with zero attached hydrogens (tertiary/aromatic N) is 2. The molecule has 0 aliphatic carbocycles. The number of anilines is 2. The van der Waals surface area contributed by atoms with Crippen molar-refractivity contribution in [1.29, 1.82) is 0 Å². The first-order chi connectivity index (χ1) is 16.0. The molecule has 3 aromatic rings. The van der Waals surface area contributed by atoms with E-state index in [0.29, 0.717) is 23.5 Å². The third kappa shape index (κ3) is 4.67. The Balaban J connectivity index is 1.62. The van der Waals surface area contributed by atoms with Gasteiger partial charge in [-0.1, -0.05) is 36.9 Å². The zero-order valence-electron chi connectivity index (χ0n) is 18.6. The maximum atomic E-state index is 13.3. The van der Waals surface area contributed by atoms with Gasteiger partial charge in [0, 0.05) is 31.0 Å². The van der Waals surface area contributed by atoms with Gasteiger partial charge in [0.1, 0.15) is 18.5 Å². The first-order valence-corrected chi connectivity index (χ1v) is 10.6. The van der Waals surface area contributed by atoms with Crippen molar-refractivity contribution >= 4 is 23.2 Å². The molecule has 1 atom stereocenters. The molecule has 0 spiro atoms. The summed E-state index contributed by atoms with van der Waals surface area (Å²) in [5, 5.41) is 4.72. The Morgan fingerprint density at radius 2 is 1.79 bits per heavy atom. The average Bonchev–Trinajstić information content (AvgIpc) is 2.84. The van der Waals surface area contributed by atoms with Gasteiger partial charge in [0.25, 0.3) is 11.8 Å². The minimum absolute atomic E-state index is 0.287. The van der Waals surface area contributed by atoms with Crippen molar-refractivity contribution in [1.82, 2.24) is 10.4 Å². The summed E-state index contributed by atoms with van der Waals surface area (Å²) in [4.78, 5) is 28.4. The molecule has 0 radical (unpaired) electrons. The summed E-state index contributed by atoms with van der Waals surface area (Å²) in [7, 11) is 3.93. The van der Waals surface area contributed by atoms with Crippen LogP contribution in [0.5, 0.6) is 5.75 Å². The highest BCUT2D eigenvalue weighted by atomic mass is 16.5. The van der Waals surface area contributed by atoms with Crippen LogP contribution >= 0.6 is 0 Å². The Morgan fingerprint density at radius 1 is 1.09 bits per heavy atom. The van der Waals surface area contributed by atoms with Crippen molar-refractivity contribution in [3.63, 3.8) is 0 Å². The fraction of sp³-hybridized carbons (Fsp3) is 0.154. The molecule has 2 N–H and O–H groups in total. The van der Waals surface area contributed by atoms with Gasteiger partial charge in [-0.15, -0.1) is 0 Å². The lowest BCUT2D eigenvalue weighted by Crippen LogP contribution is -2.52. The van der Waals surface area contributed by atoms with Crippen molar-refractivity contribution in [3.8, 4) is 5.75 Å². The van der Waals surface area contributed by atoms with Crippen LogP contribution in [0, 0.1) is 0 Å². The molecule has 3 aromatic carbocycles. The summed E-state index contributed by atoms with van der Waals surface area (Å²) >= 11 is 0. The lowest BCUT2D eigenvalue weighted by molar-refractivity contribution is 0.0491. The van der Waals surface area contributed by atoms with E-state index in [-0.39, 0.29) is 5.91 Å². The van der Waals surface area contributed by atoms with Crippen LogP contribution in [-0.4, -0.2) is 37.5 Å². The number of hydrogen-bond donors (Lipinski definition) is 2. The van der Waals surface area contributed by atoms with Gasteiger partial charge in [-0.3, -0.25) is 15.0 Å². The molecule has 0 saturated heterocycles. The smallest absolute Gasteiger partial charge is 0.276 e. The highest BCUT2D eigenvalue weighted by Gasteiger charge is 2.34. The van der Waals surface area contributed by atoms with Gasteiger partial charge in [0.15, 0.2) is 0 Å². The Morgan fingerprint density at radius 3 is 2.45 bits per heavy atom. The highest BCUT2D eigenvalue weighted by molar-refractivity contribution is 6.04. The molecular formula is C26H26N4O3. The van der Waals surface area contributed by atoms with E-state index in [0.717, 1.165) is 16.9 Å². The lowest BCUT2D eigenvalue weighted by atomic mass is 10.0. The number of nitrogens with one attached hydrogen (secondary N) is 2. The van der Waals surface area contributed by atoms with E-state index in [2.05, 4.69) is 17.3 Å². The number of ether oxygens (including phenoxy) is 1. The summed E-state index contributed by atoms with van der Waals surface area (Å²) in [6, 6.07) is 21.8. The fourth-order valence-corrected chi connectivity index (χ4v) is 3.59. The molecule has 0 bridgehead atoms. The van der Waals surface area contributed by atoms with Crippen LogP contribution in [0.25, 0.3) is 0 Å². The van der Waals surface area contributed by atoms with Crippen LogP contribution in [0.4, 0.5) is 11.4 Å². The molecule has 0 fully saturated rings. The lowest BCUT2D eigenvalue weighted by Gasteiger charge is -2.37. The van der Waals surface area contributed by atoms with Crippen LogP contribution in [-0.2, 0) is 0 Å². The Hall–Kier alpha value is -4.26. The van der Waals surface area contributed by atoms with Gasteiger partial charge in [-0.05, 0) is 54.1 Å². The second-order valence-corrected chi connectivity index (χ2v) is 7.82. The van der Waals surface area contributed by atoms with E-state index >= 15 is 0 Å². The van der Waals surface area contributed by atoms with Crippen LogP contribution in [0.1, 0.15) is 32.4 Å². The monoisotopic (exact) mass is 442 g/mol. The number of carbonyl (C=O) groups is 2. The molecule has 2 amide bonds. The van der Waals surface area contributed by atoms with Gasteiger partial charge in [-0.25, -0.2) is 5.01 Å². The average molecular weight is 443 g/mol. The molecule has 168 valence electrons. The normalized spacial score (nSPS) is 14.7. The number of carbonyl (C=O) groups excluding carboxylic acids is 2. The second-order valence-electron chi connectivity index (χ2n) is 7.82. The van der Waals surface area contributed by atoms with E-state index in [4.69, 9.17) is 4.74 Å². The van der Waals surface area contributed by atoms with Gasteiger partial charge >= 0.3 is 0 Å². The minimum Gasteiger partial charge on any atom is -0.490 e. The molecule has 7 nitrogen and oxygen atoms in total. The number of para-hydroxylation sites is 1. The molecule has 1 heterocycles. The van der Waals surface area contributed by atoms with Gasteiger partial charge < -0.3 is 15.0 Å². The van der Waals surface area contributed by atoms with Gasteiger partial charge in [-0.2, -0.15) is 0 Å². The molecule has 7 heteroatoms. The zero-order chi connectivity index (χ0) is 23.4. The maximum absolute atomic E-state index is 13.3. The van der Waals surface area contributed by atoms with Crippen LogP contribution in [0.15, 0.2) is 85.5 Å². The quantitative estimate of drug-likeness (QED) is 0.536. The summed E-state index contributed by atoms with van der Waals surface area (Å²) in [6.45, 7) is 4.00. The molecule has 1 aliphatic rings. The third-order valence-corrected chi connectivity index (χ3v) is 5.36. The number of hydrazine groups is 1. The Kier molecular flexibility index (Phi) is 6.31. The molecular weight excluding hydrogens is 416 g/mol. The largest absolute Gasteiger partial charge is 0.490 e. The molecule has 0 saturated carbocycles. The summed E-state index contributed by atoms with van der Waals surface area (Å²) in [5.41, 5.74) is 6.30. The fourth-order valence-electron chi connectivity index (χ4n) is 3.59. The molecule has 4 rings (SSSR count). The maximum Gasteiger partial charge on any atom is 0.276 e. The van der Waals surface area contributed by atoms with Crippen molar-refractivity contribution < 1.29 is 14.3 Å². The Bertz CT molecular complexity index is 1160.